The van der Waals surface area contributed by atoms with Crippen molar-refractivity contribution in [1.29, 1.82) is 0 Å². The van der Waals surface area contributed by atoms with Crippen LogP contribution in [0.4, 0.5) is 16.2 Å². The van der Waals surface area contributed by atoms with Crippen molar-refractivity contribution < 1.29 is 4.79 Å². The summed E-state index contributed by atoms with van der Waals surface area (Å²) in [4.78, 5) is 16.7. The molecule has 126 valence electrons. The lowest BCUT2D eigenvalue weighted by molar-refractivity contribution is 0.208. The second-order valence-electron chi connectivity index (χ2n) is 6.20. The Labute approximate surface area is 148 Å². The molecule has 1 heterocycles. The van der Waals surface area contributed by atoms with Gasteiger partial charge in [-0.15, -0.1) is 0 Å². The molecule has 2 aromatic carbocycles. The van der Waals surface area contributed by atoms with Crippen LogP contribution in [0.15, 0.2) is 42.5 Å². The summed E-state index contributed by atoms with van der Waals surface area (Å²) in [5.74, 6) is 0. The molecular weight excluding hydrogens is 322 g/mol. The zero-order chi connectivity index (χ0) is 17.1. The number of aryl methyl sites for hydroxylation is 2. The maximum atomic E-state index is 12.5. The molecule has 0 atom stereocenters. The van der Waals surface area contributed by atoms with E-state index in [0.717, 1.165) is 24.3 Å². The van der Waals surface area contributed by atoms with Crippen molar-refractivity contribution in [3.05, 3.63) is 58.6 Å². The minimum Gasteiger partial charge on any atom is -0.368 e. The van der Waals surface area contributed by atoms with Gasteiger partial charge in [0.05, 0.1) is 0 Å². The summed E-state index contributed by atoms with van der Waals surface area (Å²) in [6.07, 6.45) is 0. The highest BCUT2D eigenvalue weighted by Crippen LogP contribution is 2.21. The van der Waals surface area contributed by atoms with Crippen molar-refractivity contribution >= 4 is 29.0 Å². The number of rotatable bonds is 2. The summed E-state index contributed by atoms with van der Waals surface area (Å²) in [6, 6.07) is 13.9. The molecular formula is C19H22ClN3O. The summed E-state index contributed by atoms with van der Waals surface area (Å²) in [5.41, 5.74) is 4.25. The first-order valence-electron chi connectivity index (χ1n) is 8.16. The second-order valence-corrected chi connectivity index (χ2v) is 6.64. The van der Waals surface area contributed by atoms with E-state index in [-0.39, 0.29) is 6.03 Å². The number of amides is 2. The van der Waals surface area contributed by atoms with Gasteiger partial charge >= 0.3 is 6.03 Å². The minimum absolute atomic E-state index is 0.0655. The van der Waals surface area contributed by atoms with Crippen LogP contribution in [0.2, 0.25) is 5.02 Å². The van der Waals surface area contributed by atoms with Crippen LogP contribution >= 0.6 is 11.6 Å². The van der Waals surface area contributed by atoms with Crippen molar-refractivity contribution in [3.8, 4) is 0 Å². The fourth-order valence-corrected chi connectivity index (χ4v) is 3.09. The summed E-state index contributed by atoms with van der Waals surface area (Å²) in [5, 5.41) is 3.59. The summed E-state index contributed by atoms with van der Waals surface area (Å²) < 4.78 is 0. The van der Waals surface area contributed by atoms with Crippen LogP contribution in [0.3, 0.4) is 0 Å². The number of urea groups is 1. The number of hydrogen-bond acceptors (Lipinski definition) is 2. The molecule has 24 heavy (non-hydrogen) atoms. The monoisotopic (exact) mass is 343 g/mol. The molecule has 1 fully saturated rings. The third-order valence-electron chi connectivity index (χ3n) is 4.37. The maximum Gasteiger partial charge on any atom is 0.321 e. The molecule has 2 aromatic rings. The van der Waals surface area contributed by atoms with Gasteiger partial charge in [0, 0.05) is 42.6 Å². The minimum atomic E-state index is -0.0655. The number of anilines is 2. The lowest BCUT2D eigenvalue weighted by atomic mass is 10.2. The van der Waals surface area contributed by atoms with Gasteiger partial charge in [-0.1, -0.05) is 29.8 Å². The number of nitrogens with zero attached hydrogens (tertiary/aromatic N) is 2. The molecule has 1 aliphatic heterocycles. The van der Waals surface area contributed by atoms with E-state index in [9.17, 15) is 4.79 Å². The molecule has 5 heteroatoms. The number of benzene rings is 2. The van der Waals surface area contributed by atoms with E-state index in [1.807, 2.05) is 24.0 Å². The van der Waals surface area contributed by atoms with Gasteiger partial charge in [0.2, 0.25) is 0 Å². The van der Waals surface area contributed by atoms with Gasteiger partial charge in [-0.3, -0.25) is 0 Å². The Balaban J connectivity index is 1.60. The standard InChI is InChI=1S/C19H22ClN3O/c1-14-4-3-5-17(12-14)22-8-10-23(11-9-22)19(24)21-18-13-16(20)7-6-15(18)2/h3-7,12-13H,8-11H2,1-2H3,(H,21,24). The zero-order valence-electron chi connectivity index (χ0n) is 14.1. The van der Waals surface area contributed by atoms with E-state index in [4.69, 9.17) is 11.6 Å². The Morgan fingerprint density at radius 2 is 1.79 bits per heavy atom. The predicted molar refractivity (Wildman–Crippen MR) is 100 cm³/mol. The molecule has 0 unspecified atom stereocenters. The fraction of sp³-hybridized carbons (Fsp3) is 0.316. The van der Waals surface area contributed by atoms with Crippen molar-refractivity contribution in [2.24, 2.45) is 0 Å². The molecule has 0 aromatic heterocycles. The summed E-state index contributed by atoms with van der Waals surface area (Å²) in [7, 11) is 0. The number of nitrogens with one attached hydrogen (secondary N) is 1. The maximum absolute atomic E-state index is 12.5. The van der Waals surface area contributed by atoms with Crippen molar-refractivity contribution in [1.82, 2.24) is 4.90 Å². The van der Waals surface area contributed by atoms with Crippen LogP contribution in [0, 0.1) is 13.8 Å². The lowest BCUT2D eigenvalue weighted by Gasteiger charge is -2.36. The van der Waals surface area contributed by atoms with Crippen molar-refractivity contribution in [2.45, 2.75) is 13.8 Å². The molecule has 3 rings (SSSR count). The van der Waals surface area contributed by atoms with E-state index in [1.165, 1.54) is 11.3 Å². The Morgan fingerprint density at radius 1 is 1.04 bits per heavy atom. The molecule has 0 saturated carbocycles. The molecule has 1 saturated heterocycles. The Kier molecular flexibility index (Phi) is 4.95. The number of carbonyl (C=O) groups is 1. The lowest BCUT2D eigenvalue weighted by Crippen LogP contribution is -2.50. The highest BCUT2D eigenvalue weighted by Gasteiger charge is 2.21. The predicted octanol–water partition coefficient (Wildman–Crippen LogP) is 4.31. The van der Waals surface area contributed by atoms with Gasteiger partial charge in [-0.25, -0.2) is 4.79 Å². The van der Waals surface area contributed by atoms with E-state index < -0.39 is 0 Å². The molecule has 1 N–H and O–H groups in total. The number of carbonyl (C=O) groups excluding carboxylic acids is 1. The van der Waals surface area contributed by atoms with Crippen molar-refractivity contribution in [2.75, 3.05) is 36.4 Å². The number of halogens is 1. The Bertz CT molecular complexity index is 739. The first-order valence-corrected chi connectivity index (χ1v) is 8.54. The number of hydrogen-bond donors (Lipinski definition) is 1. The average molecular weight is 344 g/mol. The Hall–Kier alpha value is -2.20. The first-order chi connectivity index (χ1) is 11.5. The zero-order valence-corrected chi connectivity index (χ0v) is 14.8. The van der Waals surface area contributed by atoms with Crippen LogP contribution in [0.25, 0.3) is 0 Å². The molecule has 0 spiro atoms. The van der Waals surface area contributed by atoms with Crippen LogP contribution in [0.5, 0.6) is 0 Å². The number of piperazine rings is 1. The van der Waals surface area contributed by atoms with Crippen LogP contribution in [-0.2, 0) is 0 Å². The quantitative estimate of drug-likeness (QED) is 0.881. The molecule has 2 amide bonds. The third kappa shape index (κ3) is 3.82. The molecule has 0 radical (unpaired) electrons. The largest absolute Gasteiger partial charge is 0.368 e. The third-order valence-corrected chi connectivity index (χ3v) is 4.61. The fourth-order valence-electron chi connectivity index (χ4n) is 2.92. The van der Waals surface area contributed by atoms with Gasteiger partial charge in [0.25, 0.3) is 0 Å². The highest BCUT2D eigenvalue weighted by molar-refractivity contribution is 6.31. The van der Waals surface area contributed by atoms with Gasteiger partial charge in [0.15, 0.2) is 0 Å². The average Bonchev–Trinajstić information content (AvgIpc) is 2.58. The van der Waals surface area contributed by atoms with E-state index in [2.05, 4.69) is 41.4 Å². The molecule has 0 aliphatic carbocycles. The van der Waals surface area contributed by atoms with Gasteiger partial charge < -0.3 is 15.1 Å². The van der Waals surface area contributed by atoms with E-state index in [1.54, 1.807) is 6.07 Å². The van der Waals surface area contributed by atoms with Gasteiger partial charge in [0.1, 0.15) is 0 Å². The smallest absolute Gasteiger partial charge is 0.321 e. The SMILES string of the molecule is Cc1cccc(N2CCN(C(=O)Nc3cc(Cl)ccc3C)CC2)c1. The Morgan fingerprint density at radius 3 is 2.50 bits per heavy atom. The second kappa shape index (κ2) is 7.14. The topological polar surface area (TPSA) is 35.6 Å². The van der Waals surface area contributed by atoms with Crippen molar-refractivity contribution in [3.63, 3.8) is 0 Å². The van der Waals surface area contributed by atoms with E-state index >= 15 is 0 Å². The molecule has 0 bridgehead atoms. The molecule has 1 aliphatic rings. The van der Waals surface area contributed by atoms with Crippen LogP contribution in [0.1, 0.15) is 11.1 Å². The summed E-state index contributed by atoms with van der Waals surface area (Å²) >= 11 is 6.01. The van der Waals surface area contributed by atoms with E-state index in [0.29, 0.717) is 18.1 Å². The van der Waals surface area contributed by atoms with Gasteiger partial charge in [-0.05, 0) is 49.2 Å². The normalized spacial score (nSPS) is 14.6. The summed E-state index contributed by atoms with van der Waals surface area (Å²) in [6.45, 7) is 7.15. The highest BCUT2D eigenvalue weighted by atomic mass is 35.5. The van der Waals surface area contributed by atoms with Crippen LogP contribution < -0.4 is 10.2 Å². The molecule has 4 nitrogen and oxygen atoms in total. The van der Waals surface area contributed by atoms with Gasteiger partial charge in [-0.2, -0.15) is 0 Å². The van der Waals surface area contributed by atoms with Crippen LogP contribution in [-0.4, -0.2) is 37.1 Å². The first kappa shape index (κ1) is 16.7.